The van der Waals surface area contributed by atoms with Crippen LogP contribution in [0.2, 0.25) is 0 Å². The van der Waals surface area contributed by atoms with E-state index >= 15 is 0 Å². The minimum Gasteiger partial charge on any atom is -0.494 e. The first-order chi connectivity index (χ1) is 14.7. The van der Waals surface area contributed by atoms with E-state index in [9.17, 15) is 4.79 Å². The van der Waals surface area contributed by atoms with Crippen LogP contribution in [0.1, 0.15) is 18.4 Å². The zero-order valence-corrected chi connectivity index (χ0v) is 17.1. The summed E-state index contributed by atoms with van der Waals surface area (Å²) in [5.74, 6) is 1.42. The average Bonchev–Trinajstić information content (AvgIpc) is 3.42. The molecule has 0 atom stereocenters. The molecule has 3 heterocycles. The largest absolute Gasteiger partial charge is 0.494 e. The Morgan fingerprint density at radius 2 is 1.97 bits per heavy atom. The summed E-state index contributed by atoms with van der Waals surface area (Å²) in [6.45, 7) is 3.23. The normalized spacial score (nSPS) is 16.1. The van der Waals surface area contributed by atoms with Gasteiger partial charge in [-0.3, -0.25) is 9.69 Å². The summed E-state index contributed by atoms with van der Waals surface area (Å²) in [6, 6.07) is 12.2. The van der Waals surface area contributed by atoms with Gasteiger partial charge in [0.1, 0.15) is 17.9 Å². The van der Waals surface area contributed by atoms with E-state index < -0.39 is 0 Å². The third kappa shape index (κ3) is 3.45. The van der Waals surface area contributed by atoms with Crippen molar-refractivity contribution in [1.82, 2.24) is 14.9 Å². The van der Waals surface area contributed by atoms with Gasteiger partial charge in [-0.25, -0.2) is 9.97 Å². The van der Waals surface area contributed by atoms with Gasteiger partial charge in [0, 0.05) is 23.7 Å². The second kappa shape index (κ2) is 7.91. The number of methoxy groups -OCH3 is 1. The number of likely N-dealkylation sites (tertiary alicyclic amines) is 1. The molecule has 0 bridgehead atoms. The number of para-hydroxylation sites is 1. The molecule has 0 spiro atoms. The molecule has 1 amide bonds. The molecule has 154 valence electrons. The van der Waals surface area contributed by atoms with Gasteiger partial charge in [-0.15, -0.1) is 0 Å². The Labute approximate surface area is 175 Å². The van der Waals surface area contributed by atoms with Crippen molar-refractivity contribution in [1.29, 1.82) is 0 Å². The van der Waals surface area contributed by atoms with Crippen molar-refractivity contribution in [3.05, 3.63) is 48.3 Å². The number of hydrogen-bond acceptors (Lipinski definition) is 6. The molecule has 0 unspecified atom stereocenters. The Hall–Kier alpha value is -3.19. The molecule has 0 saturated carbocycles. The Kier molecular flexibility index (Phi) is 4.96. The fourth-order valence-corrected chi connectivity index (χ4v) is 4.44. The van der Waals surface area contributed by atoms with Crippen LogP contribution in [-0.4, -0.2) is 54.1 Å². The minimum absolute atomic E-state index is 0.0283. The van der Waals surface area contributed by atoms with Crippen molar-refractivity contribution >= 4 is 34.0 Å². The molecular formula is C23H25N5O2. The predicted molar refractivity (Wildman–Crippen MR) is 118 cm³/mol. The van der Waals surface area contributed by atoms with Crippen LogP contribution in [0.25, 0.3) is 10.9 Å². The molecule has 3 aromatic rings. The quantitative estimate of drug-likeness (QED) is 0.704. The number of carbonyl (C=O) groups excluding carboxylic acids is 1. The highest BCUT2D eigenvalue weighted by Crippen LogP contribution is 2.39. The standard InChI is InChI=1S/C23H25N5O2/c1-30-21-13-18-17(12-19(21)26-22(29)14-27-9-4-5-10-27)23(25-15-24-18)28-11-8-16-6-2-3-7-20(16)28/h2-3,6-7,12-13,15H,4-5,8-11,14H2,1H3,(H,26,29). The molecule has 1 N–H and O–H groups in total. The van der Waals surface area contributed by atoms with Gasteiger partial charge in [-0.1, -0.05) is 18.2 Å². The van der Waals surface area contributed by atoms with Gasteiger partial charge in [0.05, 0.1) is 24.9 Å². The third-order valence-corrected chi connectivity index (χ3v) is 5.92. The number of rotatable bonds is 5. The summed E-state index contributed by atoms with van der Waals surface area (Å²) < 4.78 is 5.54. The number of ether oxygens (including phenoxy) is 1. The second-order valence-corrected chi connectivity index (χ2v) is 7.83. The van der Waals surface area contributed by atoms with Gasteiger partial charge < -0.3 is 15.0 Å². The molecule has 1 fully saturated rings. The van der Waals surface area contributed by atoms with Crippen molar-refractivity contribution in [2.45, 2.75) is 19.3 Å². The molecule has 7 heteroatoms. The van der Waals surface area contributed by atoms with E-state index in [-0.39, 0.29) is 5.91 Å². The maximum atomic E-state index is 12.6. The molecule has 5 rings (SSSR count). The van der Waals surface area contributed by atoms with Crippen LogP contribution in [0.15, 0.2) is 42.7 Å². The molecule has 1 saturated heterocycles. The average molecular weight is 403 g/mol. The minimum atomic E-state index is -0.0283. The van der Waals surface area contributed by atoms with E-state index in [1.54, 1.807) is 13.4 Å². The van der Waals surface area contributed by atoms with E-state index in [0.717, 1.165) is 55.6 Å². The van der Waals surface area contributed by atoms with Gasteiger partial charge in [0.15, 0.2) is 0 Å². The molecule has 0 radical (unpaired) electrons. The molecule has 30 heavy (non-hydrogen) atoms. The van der Waals surface area contributed by atoms with E-state index in [1.165, 1.54) is 11.3 Å². The van der Waals surface area contributed by atoms with Crippen LogP contribution < -0.4 is 15.0 Å². The third-order valence-electron chi connectivity index (χ3n) is 5.92. The molecule has 2 aliphatic rings. The van der Waals surface area contributed by atoms with Crippen molar-refractivity contribution in [2.75, 3.05) is 43.5 Å². The first-order valence-corrected chi connectivity index (χ1v) is 10.4. The van der Waals surface area contributed by atoms with Gasteiger partial charge >= 0.3 is 0 Å². The van der Waals surface area contributed by atoms with Gasteiger partial charge in [0.25, 0.3) is 0 Å². The summed E-state index contributed by atoms with van der Waals surface area (Å²) >= 11 is 0. The fraction of sp³-hybridized carbons (Fsp3) is 0.348. The Morgan fingerprint density at radius 1 is 1.13 bits per heavy atom. The van der Waals surface area contributed by atoms with Crippen molar-refractivity contribution in [3.63, 3.8) is 0 Å². The van der Waals surface area contributed by atoms with Crippen LogP contribution in [0.5, 0.6) is 5.75 Å². The Morgan fingerprint density at radius 3 is 2.80 bits per heavy atom. The van der Waals surface area contributed by atoms with Crippen molar-refractivity contribution < 1.29 is 9.53 Å². The van der Waals surface area contributed by atoms with E-state index in [0.29, 0.717) is 18.0 Å². The lowest BCUT2D eigenvalue weighted by molar-refractivity contribution is -0.117. The first-order valence-electron chi connectivity index (χ1n) is 10.4. The van der Waals surface area contributed by atoms with Gasteiger partial charge in [0.2, 0.25) is 5.91 Å². The topological polar surface area (TPSA) is 70.6 Å². The predicted octanol–water partition coefficient (Wildman–Crippen LogP) is 3.37. The molecular weight excluding hydrogens is 378 g/mol. The first kappa shape index (κ1) is 18.8. The zero-order chi connectivity index (χ0) is 20.5. The summed E-state index contributed by atoms with van der Waals surface area (Å²) in [4.78, 5) is 26.1. The van der Waals surface area contributed by atoms with Crippen LogP contribution in [0, 0.1) is 0 Å². The summed E-state index contributed by atoms with van der Waals surface area (Å²) in [5, 5.41) is 3.93. The molecule has 0 aliphatic carbocycles. The lowest BCUT2D eigenvalue weighted by Crippen LogP contribution is -2.31. The summed E-state index contributed by atoms with van der Waals surface area (Å²) in [5.41, 5.74) is 3.93. The molecule has 7 nitrogen and oxygen atoms in total. The highest BCUT2D eigenvalue weighted by molar-refractivity contribution is 6.00. The monoisotopic (exact) mass is 403 g/mol. The maximum Gasteiger partial charge on any atom is 0.238 e. The van der Waals surface area contributed by atoms with E-state index in [2.05, 4.69) is 43.3 Å². The highest BCUT2D eigenvalue weighted by atomic mass is 16.5. The number of carbonyl (C=O) groups is 1. The summed E-state index contributed by atoms with van der Waals surface area (Å²) in [7, 11) is 1.61. The van der Waals surface area contributed by atoms with Gasteiger partial charge in [-0.05, 0) is 50.0 Å². The highest BCUT2D eigenvalue weighted by Gasteiger charge is 2.24. The Balaban J connectivity index is 1.51. The van der Waals surface area contributed by atoms with E-state index in [4.69, 9.17) is 4.74 Å². The number of nitrogens with one attached hydrogen (secondary N) is 1. The molecule has 2 aliphatic heterocycles. The smallest absolute Gasteiger partial charge is 0.238 e. The Bertz CT molecular complexity index is 1090. The van der Waals surface area contributed by atoms with Crippen LogP contribution in [-0.2, 0) is 11.2 Å². The molecule has 2 aromatic carbocycles. The number of nitrogens with zero attached hydrogens (tertiary/aromatic N) is 4. The number of amides is 1. The maximum absolute atomic E-state index is 12.6. The van der Waals surface area contributed by atoms with Gasteiger partial charge in [-0.2, -0.15) is 0 Å². The second-order valence-electron chi connectivity index (χ2n) is 7.83. The molecule has 1 aromatic heterocycles. The van der Waals surface area contributed by atoms with Crippen molar-refractivity contribution in [3.8, 4) is 5.75 Å². The van der Waals surface area contributed by atoms with Crippen LogP contribution in [0.3, 0.4) is 0 Å². The number of fused-ring (bicyclic) bond motifs is 2. The zero-order valence-electron chi connectivity index (χ0n) is 17.1. The number of anilines is 3. The number of hydrogen-bond donors (Lipinski definition) is 1. The van der Waals surface area contributed by atoms with Crippen molar-refractivity contribution in [2.24, 2.45) is 0 Å². The van der Waals surface area contributed by atoms with Crippen LogP contribution in [0.4, 0.5) is 17.2 Å². The summed E-state index contributed by atoms with van der Waals surface area (Å²) in [6.07, 6.45) is 4.89. The fourth-order valence-electron chi connectivity index (χ4n) is 4.44. The van der Waals surface area contributed by atoms with Crippen LogP contribution >= 0.6 is 0 Å². The SMILES string of the molecule is COc1cc2ncnc(N3CCc4ccccc43)c2cc1NC(=O)CN1CCCC1. The lowest BCUT2D eigenvalue weighted by Gasteiger charge is -2.21. The lowest BCUT2D eigenvalue weighted by atomic mass is 10.1. The van der Waals surface area contributed by atoms with E-state index in [1.807, 2.05) is 18.2 Å². The number of aromatic nitrogens is 2. The number of benzene rings is 2.